The molecular formula is C15H24N4O4S. The number of hydrogen-bond donors (Lipinski definition) is 1. The summed E-state index contributed by atoms with van der Waals surface area (Å²) in [6.45, 7) is 3.95. The summed E-state index contributed by atoms with van der Waals surface area (Å²) in [5.41, 5.74) is 5.44. The number of nitrogens with two attached hydrogens (primary N) is 1. The maximum absolute atomic E-state index is 12.7. The lowest BCUT2D eigenvalue weighted by atomic mass is 10.2. The Labute approximate surface area is 142 Å². The number of hydrogen-bond acceptors (Lipinski definition) is 5. The first-order chi connectivity index (χ1) is 11.4. The van der Waals surface area contributed by atoms with Crippen LogP contribution in [0.15, 0.2) is 17.2 Å². The topological polar surface area (TPSA) is 97.9 Å². The van der Waals surface area contributed by atoms with Gasteiger partial charge in [-0.25, -0.2) is 8.42 Å². The number of amides is 1. The lowest BCUT2D eigenvalue weighted by molar-refractivity contribution is 0.0617. The van der Waals surface area contributed by atoms with Crippen molar-refractivity contribution in [1.82, 2.24) is 13.8 Å². The summed E-state index contributed by atoms with van der Waals surface area (Å²) in [5.74, 6) is -0.639. The number of piperazine rings is 1. The fourth-order valence-electron chi connectivity index (χ4n) is 3.30. The minimum absolute atomic E-state index is 0.117. The molecule has 0 spiro atoms. The zero-order valence-corrected chi connectivity index (χ0v) is 14.7. The average molecular weight is 356 g/mol. The van der Waals surface area contributed by atoms with Crippen molar-refractivity contribution in [3.05, 3.63) is 18.0 Å². The van der Waals surface area contributed by atoms with Crippen LogP contribution in [0.2, 0.25) is 0 Å². The summed E-state index contributed by atoms with van der Waals surface area (Å²) in [6, 6.07) is 1.34. The van der Waals surface area contributed by atoms with Crippen molar-refractivity contribution in [2.45, 2.75) is 23.8 Å². The Kier molecular flexibility index (Phi) is 4.95. The summed E-state index contributed by atoms with van der Waals surface area (Å²) in [5, 5.41) is 0. The fraction of sp³-hybridized carbons (Fsp3) is 0.667. The number of carbonyl (C=O) groups excluding carboxylic acids is 1. The number of aryl methyl sites for hydroxylation is 1. The molecule has 2 fully saturated rings. The third-order valence-electron chi connectivity index (χ3n) is 4.69. The van der Waals surface area contributed by atoms with Crippen LogP contribution in [0.4, 0.5) is 0 Å². The summed E-state index contributed by atoms with van der Waals surface area (Å²) in [6.07, 6.45) is 3.90. The van der Waals surface area contributed by atoms with Gasteiger partial charge in [0.15, 0.2) is 0 Å². The van der Waals surface area contributed by atoms with Gasteiger partial charge in [-0.1, -0.05) is 0 Å². The molecule has 2 N–H and O–H groups in total. The first-order valence-electron chi connectivity index (χ1n) is 8.18. The second kappa shape index (κ2) is 6.83. The maximum atomic E-state index is 12.7. The first kappa shape index (κ1) is 17.4. The molecule has 0 unspecified atom stereocenters. The van der Waals surface area contributed by atoms with E-state index in [2.05, 4.69) is 4.90 Å². The van der Waals surface area contributed by atoms with E-state index in [1.54, 1.807) is 7.05 Å². The minimum atomic E-state index is -3.60. The van der Waals surface area contributed by atoms with Crippen LogP contribution in [0.3, 0.4) is 0 Å². The van der Waals surface area contributed by atoms with Crippen LogP contribution in [0.1, 0.15) is 23.3 Å². The zero-order valence-electron chi connectivity index (χ0n) is 13.8. The molecule has 1 amide bonds. The number of primary amides is 1. The Balaban J connectivity index is 1.64. The van der Waals surface area contributed by atoms with E-state index in [0.717, 1.165) is 26.0 Å². The number of nitrogens with zero attached hydrogens (tertiary/aromatic N) is 3. The monoisotopic (exact) mass is 356 g/mol. The van der Waals surface area contributed by atoms with Gasteiger partial charge in [-0.15, -0.1) is 0 Å². The highest BCUT2D eigenvalue weighted by Gasteiger charge is 2.31. The van der Waals surface area contributed by atoms with E-state index >= 15 is 0 Å². The highest BCUT2D eigenvalue weighted by Crippen LogP contribution is 2.21. The number of carbonyl (C=O) groups is 1. The molecule has 2 saturated heterocycles. The van der Waals surface area contributed by atoms with Crippen molar-refractivity contribution in [3.8, 4) is 0 Å². The summed E-state index contributed by atoms with van der Waals surface area (Å²) in [4.78, 5) is 13.7. The molecule has 2 aliphatic rings. The summed E-state index contributed by atoms with van der Waals surface area (Å²) < 4.78 is 34.0. The molecule has 1 atom stereocenters. The van der Waals surface area contributed by atoms with Crippen LogP contribution in [0, 0.1) is 0 Å². The largest absolute Gasteiger partial charge is 0.377 e. The van der Waals surface area contributed by atoms with Gasteiger partial charge in [0.2, 0.25) is 10.0 Å². The van der Waals surface area contributed by atoms with Gasteiger partial charge in [0, 0.05) is 52.6 Å². The normalized spacial score (nSPS) is 23.6. The Morgan fingerprint density at radius 2 is 2.04 bits per heavy atom. The standard InChI is InChI=1S/C15H24N4O4S/c1-17-11-13(9-14(17)15(16)20)24(21,22)19-6-4-18(5-7-19)10-12-3-2-8-23-12/h9,11-12H,2-8,10H2,1H3,(H2,16,20)/t12-/m0/s1. The molecule has 0 saturated carbocycles. The molecule has 0 radical (unpaired) electrons. The van der Waals surface area contributed by atoms with Crippen molar-refractivity contribution in [2.24, 2.45) is 12.8 Å². The fourth-order valence-corrected chi connectivity index (χ4v) is 4.79. The van der Waals surface area contributed by atoms with Gasteiger partial charge in [0.1, 0.15) is 10.6 Å². The van der Waals surface area contributed by atoms with Crippen LogP contribution in [-0.4, -0.2) is 73.5 Å². The molecule has 3 rings (SSSR count). The number of aromatic nitrogens is 1. The quantitative estimate of drug-likeness (QED) is 0.775. The lowest BCUT2D eigenvalue weighted by Gasteiger charge is -2.34. The Morgan fingerprint density at radius 1 is 1.33 bits per heavy atom. The SMILES string of the molecule is Cn1cc(S(=O)(=O)N2CCN(C[C@@H]3CCCO3)CC2)cc1C(N)=O. The van der Waals surface area contributed by atoms with E-state index in [4.69, 9.17) is 10.5 Å². The number of ether oxygens (including phenoxy) is 1. The van der Waals surface area contributed by atoms with Gasteiger partial charge in [0.25, 0.3) is 5.91 Å². The van der Waals surface area contributed by atoms with E-state index in [0.29, 0.717) is 26.2 Å². The first-order valence-corrected chi connectivity index (χ1v) is 9.62. The van der Waals surface area contributed by atoms with Crippen molar-refractivity contribution in [1.29, 1.82) is 0 Å². The highest BCUT2D eigenvalue weighted by molar-refractivity contribution is 7.89. The van der Waals surface area contributed by atoms with Crippen LogP contribution in [0.25, 0.3) is 0 Å². The Morgan fingerprint density at radius 3 is 2.58 bits per heavy atom. The second-order valence-corrected chi connectivity index (χ2v) is 8.31. The number of sulfonamides is 1. The van der Waals surface area contributed by atoms with Gasteiger partial charge >= 0.3 is 0 Å². The second-order valence-electron chi connectivity index (χ2n) is 6.38. The summed E-state index contributed by atoms with van der Waals surface area (Å²) in [7, 11) is -1.99. The van der Waals surface area contributed by atoms with Crippen LogP contribution < -0.4 is 5.73 Å². The molecule has 1 aromatic rings. The predicted molar refractivity (Wildman–Crippen MR) is 88.1 cm³/mol. The Bertz CT molecular complexity index is 701. The highest BCUT2D eigenvalue weighted by atomic mass is 32.2. The molecule has 0 bridgehead atoms. The van der Waals surface area contributed by atoms with E-state index in [1.165, 1.54) is 21.1 Å². The molecule has 8 nitrogen and oxygen atoms in total. The average Bonchev–Trinajstić information content (AvgIpc) is 3.17. The van der Waals surface area contributed by atoms with Gasteiger partial charge in [-0.05, 0) is 18.9 Å². The molecular weight excluding hydrogens is 332 g/mol. The van der Waals surface area contributed by atoms with E-state index in [9.17, 15) is 13.2 Å². The molecule has 134 valence electrons. The van der Waals surface area contributed by atoms with Crippen molar-refractivity contribution in [3.63, 3.8) is 0 Å². The van der Waals surface area contributed by atoms with Crippen LogP contribution >= 0.6 is 0 Å². The van der Waals surface area contributed by atoms with Gasteiger partial charge in [-0.3, -0.25) is 9.69 Å². The third-order valence-corrected chi connectivity index (χ3v) is 6.55. The summed E-state index contributed by atoms with van der Waals surface area (Å²) >= 11 is 0. The lowest BCUT2D eigenvalue weighted by Crippen LogP contribution is -2.50. The predicted octanol–water partition coefficient (Wildman–Crippen LogP) is -0.391. The smallest absolute Gasteiger partial charge is 0.265 e. The molecule has 0 aromatic carbocycles. The zero-order chi connectivity index (χ0) is 17.3. The van der Waals surface area contributed by atoms with Crippen molar-refractivity contribution < 1.29 is 17.9 Å². The van der Waals surface area contributed by atoms with E-state index in [1.807, 2.05) is 0 Å². The Hall–Kier alpha value is -1.42. The van der Waals surface area contributed by atoms with Crippen LogP contribution in [0.5, 0.6) is 0 Å². The van der Waals surface area contributed by atoms with Crippen molar-refractivity contribution >= 4 is 15.9 Å². The van der Waals surface area contributed by atoms with Crippen molar-refractivity contribution in [2.75, 3.05) is 39.3 Å². The molecule has 2 aliphatic heterocycles. The maximum Gasteiger partial charge on any atom is 0.265 e. The van der Waals surface area contributed by atoms with Gasteiger partial charge in [-0.2, -0.15) is 4.31 Å². The molecule has 0 aliphatic carbocycles. The van der Waals surface area contributed by atoms with Crippen LogP contribution in [-0.2, 0) is 21.8 Å². The van der Waals surface area contributed by atoms with E-state index < -0.39 is 15.9 Å². The molecule has 3 heterocycles. The number of rotatable bonds is 5. The van der Waals surface area contributed by atoms with Gasteiger partial charge in [0.05, 0.1) is 6.10 Å². The molecule has 1 aromatic heterocycles. The molecule has 9 heteroatoms. The third kappa shape index (κ3) is 3.49. The minimum Gasteiger partial charge on any atom is -0.377 e. The van der Waals surface area contributed by atoms with Gasteiger partial charge < -0.3 is 15.0 Å². The van der Waals surface area contributed by atoms with E-state index in [-0.39, 0.29) is 16.7 Å². The molecule has 24 heavy (non-hydrogen) atoms.